The molecular weight excluding hydrogens is 356 g/mol. The van der Waals surface area contributed by atoms with Crippen molar-refractivity contribution in [1.82, 2.24) is 4.98 Å². The molecule has 8 heteroatoms. The molecule has 0 bridgehead atoms. The molecule has 7 nitrogen and oxygen atoms in total. The van der Waals surface area contributed by atoms with Crippen LogP contribution in [0.1, 0.15) is 16.3 Å². The Morgan fingerprint density at radius 1 is 1.41 bits per heavy atom. The van der Waals surface area contributed by atoms with Gasteiger partial charge in [0, 0.05) is 0 Å². The first-order valence-corrected chi connectivity index (χ1v) is 7.14. The van der Waals surface area contributed by atoms with E-state index in [4.69, 9.17) is 9.15 Å². The van der Waals surface area contributed by atoms with Gasteiger partial charge < -0.3 is 13.9 Å². The van der Waals surface area contributed by atoms with E-state index >= 15 is 0 Å². The van der Waals surface area contributed by atoms with E-state index in [0.29, 0.717) is 21.9 Å². The number of ether oxygens (including phenoxy) is 2. The minimum atomic E-state index is -0.569. The van der Waals surface area contributed by atoms with Crippen LogP contribution in [-0.4, -0.2) is 30.6 Å². The van der Waals surface area contributed by atoms with E-state index in [9.17, 15) is 9.59 Å². The third-order valence-electron chi connectivity index (χ3n) is 3.08. The van der Waals surface area contributed by atoms with Gasteiger partial charge in [0.05, 0.1) is 13.7 Å². The molecule has 0 saturated carbocycles. The Morgan fingerprint density at radius 2 is 2.23 bits per heavy atom. The van der Waals surface area contributed by atoms with Crippen molar-refractivity contribution < 1.29 is 23.5 Å². The highest BCUT2D eigenvalue weighted by Crippen LogP contribution is 2.32. The average molecular weight is 367 g/mol. The fourth-order valence-corrected chi connectivity index (χ4v) is 2.35. The summed E-state index contributed by atoms with van der Waals surface area (Å²) in [5, 5.41) is 0. The third-order valence-corrected chi connectivity index (χ3v) is 3.52. The summed E-state index contributed by atoms with van der Waals surface area (Å²) >= 11 is 3.27. The molecule has 0 radical (unpaired) electrons. The molecule has 22 heavy (non-hydrogen) atoms. The molecular formula is C14H11BrN2O5. The number of rotatable bonds is 3. The van der Waals surface area contributed by atoms with Crippen molar-refractivity contribution in [3.05, 3.63) is 40.4 Å². The molecule has 3 rings (SSSR count). The molecule has 3 heterocycles. The van der Waals surface area contributed by atoms with Gasteiger partial charge in [-0.25, -0.2) is 9.78 Å². The largest absolute Gasteiger partial charge is 0.480 e. The summed E-state index contributed by atoms with van der Waals surface area (Å²) in [6, 6.07) is 6.58. The van der Waals surface area contributed by atoms with Crippen molar-refractivity contribution in [1.29, 1.82) is 0 Å². The second-order valence-electron chi connectivity index (χ2n) is 4.48. The predicted octanol–water partition coefficient (Wildman–Crippen LogP) is 2.15. The molecule has 2 aromatic heterocycles. The molecule has 2 aromatic rings. The van der Waals surface area contributed by atoms with Crippen LogP contribution in [0.4, 0.5) is 5.82 Å². The van der Waals surface area contributed by atoms with E-state index in [1.165, 1.54) is 18.1 Å². The topological polar surface area (TPSA) is 81.9 Å². The maximum absolute atomic E-state index is 12.1. The van der Waals surface area contributed by atoms with Crippen LogP contribution >= 0.6 is 15.9 Å². The van der Waals surface area contributed by atoms with Gasteiger partial charge in [0.25, 0.3) is 5.91 Å². The summed E-state index contributed by atoms with van der Waals surface area (Å²) in [6.07, 6.45) is 0. The van der Waals surface area contributed by atoms with Crippen molar-refractivity contribution in [2.75, 3.05) is 18.6 Å². The van der Waals surface area contributed by atoms with Crippen LogP contribution in [0.15, 0.2) is 33.3 Å². The van der Waals surface area contributed by atoms with E-state index in [1.807, 2.05) is 0 Å². The van der Waals surface area contributed by atoms with Gasteiger partial charge in [-0.3, -0.25) is 9.69 Å². The monoisotopic (exact) mass is 366 g/mol. The molecule has 0 N–H and O–H groups in total. The smallest absolute Gasteiger partial charge is 0.373 e. The zero-order valence-electron chi connectivity index (χ0n) is 11.5. The number of anilines is 1. The van der Waals surface area contributed by atoms with Gasteiger partial charge in [-0.05, 0) is 40.2 Å². The standard InChI is InChI=1S/C14H11BrN2O5/c1-20-14(19)10-3-2-8(22-10)6-17-12(18)7-21-9-4-5-11(15)16-13(9)17/h2-5H,6-7H2,1H3. The van der Waals surface area contributed by atoms with E-state index < -0.39 is 5.97 Å². The van der Waals surface area contributed by atoms with Gasteiger partial charge in [0.2, 0.25) is 5.76 Å². The average Bonchev–Trinajstić information content (AvgIpc) is 2.98. The highest BCUT2D eigenvalue weighted by molar-refractivity contribution is 9.10. The van der Waals surface area contributed by atoms with Gasteiger partial charge in [0.1, 0.15) is 10.4 Å². The first kappa shape index (κ1) is 14.6. The molecule has 0 spiro atoms. The highest BCUT2D eigenvalue weighted by atomic mass is 79.9. The number of pyridine rings is 1. The van der Waals surface area contributed by atoms with Crippen LogP contribution < -0.4 is 9.64 Å². The molecule has 114 valence electrons. The summed E-state index contributed by atoms with van der Waals surface area (Å²) in [5.74, 6) is 0.642. The second-order valence-corrected chi connectivity index (χ2v) is 5.29. The number of nitrogens with zero attached hydrogens (tertiary/aromatic N) is 2. The zero-order valence-corrected chi connectivity index (χ0v) is 13.1. The Kier molecular flexibility index (Phi) is 3.84. The van der Waals surface area contributed by atoms with Crippen molar-refractivity contribution in [2.24, 2.45) is 0 Å². The molecule has 0 aliphatic carbocycles. The molecule has 0 atom stereocenters. The van der Waals surface area contributed by atoms with Gasteiger partial charge in [-0.2, -0.15) is 0 Å². The minimum Gasteiger partial charge on any atom is -0.480 e. The fourth-order valence-electron chi connectivity index (χ4n) is 2.05. The lowest BCUT2D eigenvalue weighted by Crippen LogP contribution is -2.38. The second kappa shape index (κ2) is 5.80. The minimum absolute atomic E-state index is 0.0686. The number of carbonyl (C=O) groups excluding carboxylic acids is 2. The first-order valence-electron chi connectivity index (χ1n) is 6.35. The Labute approximate surface area is 133 Å². The summed E-state index contributed by atoms with van der Waals surface area (Å²) in [4.78, 5) is 29.2. The molecule has 0 unspecified atom stereocenters. The van der Waals surface area contributed by atoms with Gasteiger partial charge >= 0.3 is 5.97 Å². The normalized spacial score (nSPS) is 13.5. The number of carbonyl (C=O) groups is 2. The number of esters is 1. The molecule has 1 aliphatic rings. The van der Waals surface area contributed by atoms with Gasteiger partial charge in [-0.1, -0.05) is 0 Å². The number of furan rings is 1. The summed E-state index contributed by atoms with van der Waals surface area (Å²) in [6.45, 7) is 0.0799. The number of halogens is 1. The van der Waals surface area contributed by atoms with Crippen LogP contribution in [0.5, 0.6) is 5.75 Å². The van der Waals surface area contributed by atoms with E-state index in [0.717, 1.165) is 0 Å². The molecule has 0 aromatic carbocycles. The Balaban J connectivity index is 1.89. The van der Waals surface area contributed by atoms with Crippen molar-refractivity contribution in [3.63, 3.8) is 0 Å². The lowest BCUT2D eigenvalue weighted by molar-refractivity contribution is -0.121. The predicted molar refractivity (Wildman–Crippen MR) is 78.7 cm³/mol. The Hall–Kier alpha value is -2.35. The van der Waals surface area contributed by atoms with Crippen molar-refractivity contribution in [2.45, 2.75) is 6.54 Å². The lowest BCUT2D eigenvalue weighted by Gasteiger charge is -2.27. The molecule has 1 amide bonds. The van der Waals surface area contributed by atoms with Crippen LogP contribution in [0, 0.1) is 0 Å². The highest BCUT2D eigenvalue weighted by Gasteiger charge is 2.28. The first-order chi connectivity index (χ1) is 10.6. The van der Waals surface area contributed by atoms with E-state index in [2.05, 4.69) is 25.7 Å². The summed E-state index contributed by atoms with van der Waals surface area (Å²) in [7, 11) is 1.27. The fraction of sp³-hybridized carbons (Fsp3) is 0.214. The number of methoxy groups -OCH3 is 1. The zero-order chi connectivity index (χ0) is 15.7. The van der Waals surface area contributed by atoms with Crippen LogP contribution in [0.3, 0.4) is 0 Å². The summed E-state index contributed by atoms with van der Waals surface area (Å²) in [5.41, 5.74) is 0. The molecule has 1 aliphatic heterocycles. The lowest BCUT2D eigenvalue weighted by atomic mass is 10.3. The van der Waals surface area contributed by atoms with Gasteiger partial charge in [-0.15, -0.1) is 0 Å². The van der Waals surface area contributed by atoms with Crippen LogP contribution in [0.25, 0.3) is 0 Å². The molecule has 0 fully saturated rings. The third kappa shape index (κ3) is 2.69. The van der Waals surface area contributed by atoms with Crippen molar-refractivity contribution in [3.8, 4) is 5.75 Å². The van der Waals surface area contributed by atoms with E-state index in [-0.39, 0.29) is 24.8 Å². The maximum Gasteiger partial charge on any atom is 0.373 e. The van der Waals surface area contributed by atoms with Gasteiger partial charge in [0.15, 0.2) is 18.2 Å². The Bertz CT molecular complexity index is 743. The number of fused-ring (bicyclic) bond motifs is 1. The summed E-state index contributed by atoms with van der Waals surface area (Å²) < 4.78 is 15.9. The Morgan fingerprint density at radius 3 is 3.00 bits per heavy atom. The van der Waals surface area contributed by atoms with Crippen LogP contribution in [-0.2, 0) is 16.1 Å². The number of amides is 1. The number of hydrogen-bond donors (Lipinski definition) is 0. The SMILES string of the molecule is COC(=O)c1ccc(CN2C(=O)COc3ccc(Br)nc32)o1. The number of aromatic nitrogens is 1. The number of hydrogen-bond acceptors (Lipinski definition) is 6. The van der Waals surface area contributed by atoms with E-state index in [1.54, 1.807) is 18.2 Å². The van der Waals surface area contributed by atoms with Crippen LogP contribution in [0.2, 0.25) is 0 Å². The van der Waals surface area contributed by atoms with Crippen molar-refractivity contribution >= 4 is 33.6 Å². The maximum atomic E-state index is 12.1. The quantitative estimate of drug-likeness (QED) is 0.611. The molecule has 0 saturated heterocycles.